The van der Waals surface area contributed by atoms with Crippen molar-refractivity contribution in [2.75, 3.05) is 0 Å². The van der Waals surface area contributed by atoms with Crippen molar-refractivity contribution in [2.45, 2.75) is 25.7 Å². The van der Waals surface area contributed by atoms with Crippen molar-refractivity contribution in [3.05, 3.63) is 39.3 Å². The fraction of sp³-hybridized carbons (Fsp3) is 0.286. The first-order valence-electron chi connectivity index (χ1n) is 6.80. The highest BCUT2D eigenvalue weighted by Gasteiger charge is 2.43. The first-order chi connectivity index (χ1) is 10.1. The Hall–Kier alpha value is -1.60. The van der Waals surface area contributed by atoms with E-state index in [1.54, 1.807) is 0 Å². The van der Waals surface area contributed by atoms with Crippen molar-refractivity contribution in [2.24, 2.45) is 5.73 Å². The van der Waals surface area contributed by atoms with E-state index in [1.165, 1.54) is 0 Å². The summed E-state index contributed by atoms with van der Waals surface area (Å²) in [5, 5.41) is 7.77. The van der Waals surface area contributed by atoms with Crippen LogP contribution in [-0.2, 0) is 6.42 Å². The minimum atomic E-state index is 0.00727. The summed E-state index contributed by atoms with van der Waals surface area (Å²) in [4.78, 5) is 0. The second kappa shape index (κ2) is 4.45. The number of halogens is 1. The lowest BCUT2D eigenvalue weighted by Gasteiger charge is -2.22. The van der Waals surface area contributed by atoms with Gasteiger partial charge in [-0.05, 0) is 46.7 Å². The Bertz CT molecular complexity index is 804. The van der Waals surface area contributed by atoms with Gasteiger partial charge in [0.15, 0.2) is 0 Å². The van der Waals surface area contributed by atoms with Gasteiger partial charge >= 0.3 is 0 Å². The highest BCUT2D eigenvalue weighted by atomic mass is 79.9. The SMILES string of the molecule is CCCc1[nH]nc2c1C1C(=C(N)n3c(Br)ccc31)C(=S)O2. The fourth-order valence-corrected chi connectivity index (χ4v) is 3.99. The normalized spacial score (nSPS) is 19.3. The van der Waals surface area contributed by atoms with E-state index in [-0.39, 0.29) is 5.92 Å². The highest BCUT2D eigenvalue weighted by molar-refractivity contribution is 9.10. The third-order valence-corrected chi connectivity index (χ3v) is 4.93. The Labute approximate surface area is 135 Å². The van der Waals surface area contributed by atoms with Crippen LogP contribution in [0.15, 0.2) is 22.3 Å². The van der Waals surface area contributed by atoms with Crippen LogP contribution in [0.4, 0.5) is 0 Å². The Balaban J connectivity index is 2.00. The smallest absolute Gasteiger partial charge is 0.243 e. The van der Waals surface area contributed by atoms with Gasteiger partial charge in [0.1, 0.15) is 5.82 Å². The van der Waals surface area contributed by atoms with E-state index in [0.29, 0.717) is 16.8 Å². The van der Waals surface area contributed by atoms with Gasteiger partial charge in [0.25, 0.3) is 0 Å². The molecule has 1 atom stereocenters. The summed E-state index contributed by atoms with van der Waals surface area (Å²) in [5.74, 6) is 1.22. The monoisotopic (exact) mass is 364 g/mol. The number of aromatic amines is 1. The largest absolute Gasteiger partial charge is 0.425 e. The number of nitrogens with one attached hydrogen (secondary N) is 1. The van der Waals surface area contributed by atoms with E-state index < -0.39 is 0 Å². The molecule has 0 radical (unpaired) electrons. The Morgan fingerprint density at radius 3 is 3.10 bits per heavy atom. The maximum Gasteiger partial charge on any atom is 0.243 e. The average Bonchev–Trinajstić information content (AvgIpc) is 3.08. The van der Waals surface area contributed by atoms with Crippen LogP contribution in [-0.4, -0.2) is 19.8 Å². The molecule has 0 amide bonds. The first kappa shape index (κ1) is 13.1. The summed E-state index contributed by atoms with van der Waals surface area (Å²) in [6.07, 6.45) is 1.95. The van der Waals surface area contributed by atoms with Crippen molar-refractivity contribution in [1.29, 1.82) is 0 Å². The van der Waals surface area contributed by atoms with Crippen LogP contribution >= 0.6 is 28.1 Å². The molecule has 5 nitrogen and oxygen atoms in total. The molecule has 2 aromatic heterocycles. The number of hydrogen-bond acceptors (Lipinski definition) is 4. The van der Waals surface area contributed by atoms with E-state index in [1.807, 2.05) is 10.6 Å². The molecule has 0 fully saturated rings. The van der Waals surface area contributed by atoms with Crippen LogP contribution in [0.3, 0.4) is 0 Å². The number of hydrogen-bond donors (Lipinski definition) is 2. The van der Waals surface area contributed by atoms with Gasteiger partial charge < -0.3 is 10.5 Å². The molecule has 4 rings (SSSR count). The van der Waals surface area contributed by atoms with Gasteiger partial charge in [0.05, 0.1) is 21.7 Å². The molecule has 1 unspecified atom stereocenters. The Kier molecular flexibility index (Phi) is 2.77. The molecule has 2 aliphatic rings. The quantitative estimate of drug-likeness (QED) is 0.803. The van der Waals surface area contributed by atoms with Gasteiger partial charge in [-0.25, -0.2) is 0 Å². The van der Waals surface area contributed by atoms with Crippen LogP contribution in [0, 0.1) is 0 Å². The molecule has 0 saturated carbocycles. The zero-order valence-electron chi connectivity index (χ0n) is 11.3. The summed E-state index contributed by atoms with van der Waals surface area (Å²) < 4.78 is 8.60. The molecule has 21 heavy (non-hydrogen) atoms. The van der Waals surface area contributed by atoms with Crippen LogP contribution in [0.25, 0.3) is 5.82 Å². The topological polar surface area (TPSA) is 68.9 Å². The standard InChI is InChI=1S/C14H13BrN4OS/c1-2-3-6-9-10-7-4-5-8(15)19(7)12(16)11(10)14(21)20-13(9)18-17-6/h4-5,10H,2-3,16H2,1H3,(H,17,18). The molecule has 7 heteroatoms. The fourth-order valence-electron chi connectivity index (χ4n) is 3.16. The minimum absolute atomic E-state index is 0.00727. The van der Waals surface area contributed by atoms with Crippen LogP contribution in [0.1, 0.15) is 36.2 Å². The van der Waals surface area contributed by atoms with Gasteiger partial charge in [-0.1, -0.05) is 13.3 Å². The van der Waals surface area contributed by atoms with Crippen molar-refractivity contribution < 1.29 is 4.74 Å². The third-order valence-electron chi connectivity index (χ3n) is 4.01. The van der Waals surface area contributed by atoms with Gasteiger partial charge in [-0.3, -0.25) is 9.67 Å². The van der Waals surface area contributed by atoms with Gasteiger partial charge in [-0.15, -0.1) is 5.10 Å². The summed E-state index contributed by atoms with van der Waals surface area (Å²) in [6, 6.07) is 4.06. The molecule has 0 aliphatic carbocycles. The molecule has 108 valence electrons. The molecule has 0 aromatic carbocycles. The average molecular weight is 365 g/mol. The number of thiocarbonyl (C=S) groups is 1. The maximum absolute atomic E-state index is 6.30. The van der Waals surface area contributed by atoms with Crippen LogP contribution < -0.4 is 10.5 Å². The summed E-state index contributed by atoms with van der Waals surface area (Å²) in [6.45, 7) is 2.14. The second-order valence-corrected chi connectivity index (χ2v) is 6.39. The van der Waals surface area contributed by atoms with Gasteiger partial charge in [-0.2, -0.15) is 0 Å². The number of rotatable bonds is 2. The molecule has 3 N–H and O–H groups in total. The molecule has 2 aliphatic heterocycles. The number of H-pyrrole nitrogens is 1. The first-order valence-corrected chi connectivity index (χ1v) is 8.00. The predicted molar refractivity (Wildman–Crippen MR) is 87.2 cm³/mol. The molecular weight excluding hydrogens is 352 g/mol. The van der Waals surface area contributed by atoms with Gasteiger partial charge in [0.2, 0.25) is 10.9 Å². The molecule has 4 heterocycles. The van der Waals surface area contributed by atoms with Crippen molar-refractivity contribution in [3.8, 4) is 5.88 Å². The number of aryl methyl sites for hydroxylation is 1. The molecule has 2 aromatic rings. The van der Waals surface area contributed by atoms with E-state index in [9.17, 15) is 0 Å². The van der Waals surface area contributed by atoms with E-state index in [4.69, 9.17) is 22.7 Å². The predicted octanol–water partition coefficient (Wildman–Crippen LogP) is 2.92. The van der Waals surface area contributed by atoms with Crippen molar-refractivity contribution in [1.82, 2.24) is 14.8 Å². The maximum atomic E-state index is 6.30. The van der Waals surface area contributed by atoms with Crippen LogP contribution in [0.2, 0.25) is 0 Å². The minimum Gasteiger partial charge on any atom is -0.425 e. The lowest BCUT2D eigenvalue weighted by Crippen LogP contribution is -2.22. The van der Waals surface area contributed by atoms with E-state index in [0.717, 1.165) is 40.0 Å². The molecule has 0 saturated heterocycles. The number of nitrogens with zero attached hydrogens (tertiary/aromatic N) is 2. The number of ether oxygens (including phenoxy) is 1. The Morgan fingerprint density at radius 1 is 1.52 bits per heavy atom. The Morgan fingerprint density at radius 2 is 2.33 bits per heavy atom. The summed E-state index contributed by atoms with van der Waals surface area (Å²) in [7, 11) is 0. The number of fused-ring (bicyclic) bond motifs is 5. The molecule has 0 bridgehead atoms. The van der Waals surface area contributed by atoms with Crippen molar-refractivity contribution in [3.63, 3.8) is 0 Å². The van der Waals surface area contributed by atoms with Crippen molar-refractivity contribution >= 4 is 39.0 Å². The number of aromatic nitrogens is 3. The van der Waals surface area contributed by atoms with Gasteiger partial charge in [0, 0.05) is 11.4 Å². The zero-order valence-corrected chi connectivity index (χ0v) is 13.7. The van der Waals surface area contributed by atoms with Crippen LogP contribution in [0.5, 0.6) is 5.88 Å². The zero-order chi connectivity index (χ0) is 14.7. The highest BCUT2D eigenvalue weighted by Crippen LogP contribution is 2.49. The lowest BCUT2D eigenvalue weighted by molar-refractivity contribution is 0.513. The summed E-state index contributed by atoms with van der Waals surface area (Å²) >= 11 is 8.92. The summed E-state index contributed by atoms with van der Waals surface area (Å²) in [5.41, 5.74) is 10.4. The molecule has 0 spiro atoms. The van der Waals surface area contributed by atoms with E-state index >= 15 is 0 Å². The third kappa shape index (κ3) is 1.61. The van der Waals surface area contributed by atoms with E-state index in [2.05, 4.69) is 39.1 Å². The second-order valence-electron chi connectivity index (χ2n) is 5.21. The number of nitrogens with two attached hydrogens (primary N) is 1. The molecular formula is C14H13BrN4OS. The lowest BCUT2D eigenvalue weighted by atomic mass is 9.87.